The Kier molecular flexibility index (Phi) is 6.55. The van der Waals surface area contributed by atoms with Gasteiger partial charge in [-0.2, -0.15) is 4.98 Å². The zero-order valence-corrected chi connectivity index (χ0v) is 19.2. The Labute approximate surface area is 180 Å². The van der Waals surface area contributed by atoms with Gasteiger partial charge < -0.3 is 9.29 Å². The van der Waals surface area contributed by atoms with Crippen LogP contribution in [0.3, 0.4) is 0 Å². The summed E-state index contributed by atoms with van der Waals surface area (Å²) in [5, 5.41) is 0. The van der Waals surface area contributed by atoms with Crippen molar-refractivity contribution >= 4 is 17.0 Å². The second-order valence-corrected chi connectivity index (χ2v) is 10.5. The van der Waals surface area contributed by atoms with Gasteiger partial charge in [0.15, 0.2) is 0 Å². The van der Waals surface area contributed by atoms with Crippen molar-refractivity contribution in [3.8, 4) is 5.88 Å². The van der Waals surface area contributed by atoms with Crippen LogP contribution in [0.2, 0.25) is 0 Å². The Hall–Kier alpha value is -2.35. The Bertz CT molecular complexity index is 1090. The molecule has 0 radical (unpaired) electrons. The number of rotatable bonds is 6. The number of ether oxygens (including phenoxy) is 1. The summed E-state index contributed by atoms with van der Waals surface area (Å²) in [6.07, 6.45) is 1.77. The summed E-state index contributed by atoms with van der Waals surface area (Å²) in [5.74, 6) is 0.318. The van der Waals surface area contributed by atoms with Gasteiger partial charge in [-0.25, -0.2) is 0 Å². The Balaban J connectivity index is 2.03. The third kappa shape index (κ3) is 4.86. The second-order valence-electron chi connectivity index (χ2n) is 8.51. The highest BCUT2D eigenvalue weighted by Crippen LogP contribution is 2.25. The summed E-state index contributed by atoms with van der Waals surface area (Å²) in [4.78, 5) is 17.7. The predicted octanol–water partition coefficient (Wildman–Crippen LogP) is 4.00. The lowest BCUT2D eigenvalue weighted by molar-refractivity contribution is 0.291. The van der Waals surface area contributed by atoms with Crippen LogP contribution in [0.25, 0.3) is 5.65 Å². The molecule has 160 valence electrons. The first-order chi connectivity index (χ1) is 14.1. The molecule has 30 heavy (non-hydrogen) atoms. The standard InChI is InChI=1S/C23H29N3O3S/c1-15-12-19(17(3)25-30(28)23(4,5)6)20-24-21(16(2)22(27)26(20)13-15)29-14-18-10-8-7-9-11-18/h7-13,17,25H,14H2,1-6H3/t17?,30-/m1/s1. The molecular formula is C23H29N3O3S. The van der Waals surface area contributed by atoms with Crippen LogP contribution in [0.1, 0.15) is 56.0 Å². The predicted molar refractivity (Wildman–Crippen MR) is 121 cm³/mol. The Morgan fingerprint density at radius 2 is 1.90 bits per heavy atom. The number of hydrogen-bond donors (Lipinski definition) is 1. The lowest BCUT2D eigenvalue weighted by Gasteiger charge is -2.27. The third-order valence-electron chi connectivity index (χ3n) is 4.80. The number of fused-ring (bicyclic) bond motifs is 1. The van der Waals surface area contributed by atoms with Crippen molar-refractivity contribution in [3.63, 3.8) is 0 Å². The minimum Gasteiger partial charge on any atom is -0.598 e. The minimum atomic E-state index is -1.26. The van der Waals surface area contributed by atoms with Gasteiger partial charge in [0.05, 0.1) is 11.6 Å². The zero-order valence-electron chi connectivity index (χ0n) is 18.4. The van der Waals surface area contributed by atoms with Crippen LogP contribution >= 0.6 is 0 Å². The van der Waals surface area contributed by atoms with Gasteiger partial charge in [-0.1, -0.05) is 30.3 Å². The maximum Gasteiger partial charge on any atom is 0.264 e. The van der Waals surface area contributed by atoms with Crippen molar-refractivity contribution < 1.29 is 9.29 Å². The average Bonchev–Trinajstić information content (AvgIpc) is 2.69. The van der Waals surface area contributed by atoms with Crippen molar-refractivity contribution in [1.82, 2.24) is 14.1 Å². The number of nitrogens with one attached hydrogen (secondary N) is 1. The SMILES string of the molecule is Cc1cc(C(C)N[S@+]([O-])C(C)(C)C)c2nc(OCc3ccccc3)c(C)c(=O)n2c1. The van der Waals surface area contributed by atoms with E-state index in [9.17, 15) is 9.35 Å². The van der Waals surface area contributed by atoms with Crippen LogP contribution in [0.4, 0.5) is 0 Å². The van der Waals surface area contributed by atoms with E-state index < -0.39 is 16.1 Å². The molecule has 1 unspecified atom stereocenters. The molecule has 2 heterocycles. The summed E-state index contributed by atoms with van der Waals surface area (Å²) in [6, 6.07) is 11.5. The summed E-state index contributed by atoms with van der Waals surface area (Å²) < 4.78 is 22.8. The van der Waals surface area contributed by atoms with E-state index in [-0.39, 0.29) is 11.6 Å². The van der Waals surface area contributed by atoms with Gasteiger partial charge in [0.2, 0.25) is 5.88 Å². The van der Waals surface area contributed by atoms with Crippen LogP contribution in [-0.2, 0) is 18.0 Å². The van der Waals surface area contributed by atoms with E-state index in [2.05, 4.69) is 9.71 Å². The van der Waals surface area contributed by atoms with Gasteiger partial charge in [0.25, 0.3) is 5.56 Å². The van der Waals surface area contributed by atoms with Crippen LogP contribution in [0, 0.1) is 13.8 Å². The molecule has 0 aliphatic heterocycles. The first-order valence-electron chi connectivity index (χ1n) is 9.96. The number of pyridine rings is 1. The first kappa shape index (κ1) is 22.3. The fourth-order valence-electron chi connectivity index (χ4n) is 3.06. The second kappa shape index (κ2) is 8.79. The molecule has 6 nitrogen and oxygen atoms in total. The summed E-state index contributed by atoms with van der Waals surface area (Å²) in [6.45, 7) is 11.6. The summed E-state index contributed by atoms with van der Waals surface area (Å²) in [7, 11) is 0. The number of nitrogens with zero attached hydrogens (tertiary/aromatic N) is 2. The van der Waals surface area contributed by atoms with Crippen LogP contribution in [0.5, 0.6) is 5.88 Å². The molecule has 0 bridgehead atoms. The maximum atomic E-state index is 13.0. The molecule has 1 aromatic carbocycles. The highest BCUT2D eigenvalue weighted by atomic mass is 32.2. The molecule has 0 spiro atoms. The molecule has 0 amide bonds. The fraction of sp³-hybridized carbons (Fsp3) is 0.391. The number of aromatic nitrogens is 2. The van der Waals surface area contributed by atoms with E-state index in [1.54, 1.807) is 17.5 Å². The molecular weight excluding hydrogens is 398 g/mol. The molecule has 2 atom stereocenters. The molecule has 7 heteroatoms. The van der Waals surface area contributed by atoms with E-state index in [1.807, 2.05) is 71.0 Å². The normalized spacial score (nSPS) is 14.0. The molecule has 0 saturated carbocycles. The molecule has 0 aliphatic rings. The fourth-order valence-corrected chi connectivity index (χ4v) is 3.86. The Morgan fingerprint density at radius 3 is 2.53 bits per heavy atom. The van der Waals surface area contributed by atoms with E-state index in [0.29, 0.717) is 23.7 Å². The summed E-state index contributed by atoms with van der Waals surface area (Å²) in [5.41, 5.74) is 3.52. The van der Waals surface area contributed by atoms with Crippen molar-refractivity contribution in [1.29, 1.82) is 0 Å². The molecule has 2 aromatic heterocycles. The van der Waals surface area contributed by atoms with E-state index >= 15 is 0 Å². The number of aryl methyl sites for hydroxylation is 1. The van der Waals surface area contributed by atoms with Crippen LogP contribution < -0.4 is 15.0 Å². The van der Waals surface area contributed by atoms with Gasteiger partial charge in [-0.05, 0) is 58.7 Å². The van der Waals surface area contributed by atoms with E-state index in [0.717, 1.165) is 16.7 Å². The third-order valence-corrected chi connectivity index (χ3v) is 6.48. The van der Waals surface area contributed by atoms with Crippen LogP contribution in [-0.4, -0.2) is 18.7 Å². The Morgan fingerprint density at radius 1 is 1.23 bits per heavy atom. The monoisotopic (exact) mass is 427 g/mol. The lowest BCUT2D eigenvalue weighted by atomic mass is 10.1. The molecule has 3 rings (SSSR count). The molecule has 0 aliphatic carbocycles. The summed E-state index contributed by atoms with van der Waals surface area (Å²) >= 11 is -1.26. The number of hydrogen-bond acceptors (Lipinski definition) is 5. The number of benzene rings is 1. The topological polar surface area (TPSA) is 78.7 Å². The zero-order chi connectivity index (χ0) is 22.1. The molecule has 0 saturated heterocycles. The average molecular weight is 428 g/mol. The van der Waals surface area contributed by atoms with Crippen molar-refractivity contribution in [2.45, 2.75) is 58.9 Å². The highest BCUT2D eigenvalue weighted by Gasteiger charge is 2.29. The van der Waals surface area contributed by atoms with Gasteiger partial charge in [-0.3, -0.25) is 9.20 Å². The van der Waals surface area contributed by atoms with Gasteiger partial charge >= 0.3 is 0 Å². The van der Waals surface area contributed by atoms with Gasteiger partial charge in [-0.15, -0.1) is 4.72 Å². The van der Waals surface area contributed by atoms with Gasteiger partial charge in [0.1, 0.15) is 17.0 Å². The van der Waals surface area contributed by atoms with Gasteiger partial charge in [0, 0.05) is 23.1 Å². The smallest absolute Gasteiger partial charge is 0.264 e. The maximum absolute atomic E-state index is 13.0. The lowest BCUT2D eigenvalue weighted by Crippen LogP contribution is -2.40. The largest absolute Gasteiger partial charge is 0.598 e. The van der Waals surface area contributed by atoms with E-state index in [4.69, 9.17) is 4.74 Å². The minimum absolute atomic E-state index is 0.169. The molecule has 3 aromatic rings. The molecule has 0 fully saturated rings. The molecule has 1 N–H and O–H groups in total. The first-order valence-corrected chi connectivity index (χ1v) is 11.1. The van der Waals surface area contributed by atoms with E-state index in [1.165, 1.54) is 0 Å². The van der Waals surface area contributed by atoms with Crippen molar-refractivity contribution in [3.05, 3.63) is 75.2 Å². The van der Waals surface area contributed by atoms with Crippen molar-refractivity contribution in [2.24, 2.45) is 0 Å². The highest BCUT2D eigenvalue weighted by molar-refractivity contribution is 7.90. The quantitative estimate of drug-likeness (QED) is 0.602. The van der Waals surface area contributed by atoms with Crippen molar-refractivity contribution in [2.75, 3.05) is 0 Å². The van der Waals surface area contributed by atoms with Crippen LogP contribution in [0.15, 0.2) is 47.4 Å².